The molecule has 0 atom stereocenters. The van der Waals surface area contributed by atoms with Gasteiger partial charge in [-0.25, -0.2) is 14.6 Å². The zero-order chi connectivity index (χ0) is 27.0. The van der Waals surface area contributed by atoms with Crippen LogP contribution in [0.1, 0.15) is 21.5 Å². The highest BCUT2D eigenvalue weighted by atomic mass is 19.4. The van der Waals surface area contributed by atoms with Crippen LogP contribution in [0.25, 0.3) is 10.9 Å². The normalized spacial score (nSPS) is 13.7. The molecule has 4 rings (SSSR count). The van der Waals surface area contributed by atoms with Crippen molar-refractivity contribution < 1.29 is 37.7 Å². The second-order valence-electron chi connectivity index (χ2n) is 7.90. The molecule has 0 unspecified atom stereocenters. The average molecular weight is 517 g/mol. The van der Waals surface area contributed by atoms with E-state index in [0.29, 0.717) is 24.0 Å². The average Bonchev–Trinajstić information content (AvgIpc) is 2.87. The summed E-state index contributed by atoms with van der Waals surface area (Å²) in [5.74, 6) is 2.57. The number of alkyl halides is 3. The first-order valence-electron chi connectivity index (χ1n) is 10.9. The quantitative estimate of drug-likeness (QED) is 0.507. The van der Waals surface area contributed by atoms with Crippen molar-refractivity contribution in [2.45, 2.75) is 12.7 Å². The van der Waals surface area contributed by atoms with Crippen molar-refractivity contribution in [2.75, 3.05) is 32.8 Å². The number of hydrogen-bond acceptors (Lipinski definition) is 6. The smallest absolute Gasteiger partial charge is 0.478 e. The third kappa shape index (κ3) is 7.89. The van der Waals surface area contributed by atoms with E-state index in [-0.39, 0.29) is 11.1 Å². The molecule has 1 aliphatic rings. The molecule has 1 saturated heterocycles. The molecule has 9 nitrogen and oxygen atoms in total. The Bertz CT molecular complexity index is 1390. The summed E-state index contributed by atoms with van der Waals surface area (Å²) in [6, 6.07) is 11.9. The van der Waals surface area contributed by atoms with E-state index >= 15 is 0 Å². The van der Waals surface area contributed by atoms with E-state index in [2.05, 4.69) is 21.7 Å². The van der Waals surface area contributed by atoms with E-state index in [1.807, 2.05) is 12.1 Å². The molecular weight excluding hydrogens is 495 g/mol. The molecule has 1 aromatic heterocycles. The van der Waals surface area contributed by atoms with Crippen LogP contribution in [0, 0.1) is 11.8 Å². The van der Waals surface area contributed by atoms with Gasteiger partial charge in [0.1, 0.15) is 0 Å². The Kier molecular flexibility index (Phi) is 9.00. The first-order chi connectivity index (χ1) is 17.5. The van der Waals surface area contributed by atoms with Crippen LogP contribution in [0.5, 0.6) is 0 Å². The van der Waals surface area contributed by atoms with Crippen LogP contribution in [0.3, 0.4) is 0 Å². The molecule has 0 amide bonds. The van der Waals surface area contributed by atoms with Crippen LogP contribution in [0.4, 0.5) is 13.2 Å². The van der Waals surface area contributed by atoms with E-state index in [1.54, 1.807) is 18.2 Å². The highest BCUT2D eigenvalue weighted by Gasteiger charge is 2.38. The molecule has 1 aliphatic heterocycles. The van der Waals surface area contributed by atoms with Crippen LogP contribution in [0.2, 0.25) is 0 Å². The predicted octanol–water partition coefficient (Wildman–Crippen LogP) is 2.46. The van der Waals surface area contributed by atoms with E-state index in [4.69, 9.17) is 19.7 Å². The van der Waals surface area contributed by atoms with Gasteiger partial charge in [0.25, 0.3) is 5.56 Å². The lowest BCUT2D eigenvalue weighted by Gasteiger charge is -2.24. The van der Waals surface area contributed by atoms with Crippen LogP contribution in [-0.4, -0.2) is 75.6 Å². The number of hydrogen-bond donors (Lipinski definition) is 2. The lowest BCUT2D eigenvalue weighted by molar-refractivity contribution is -0.192. The summed E-state index contributed by atoms with van der Waals surface area (Å²) in [6.45, 7) is 4.23. The molecule has 2 heterocycles. The van der Waals surface area contributed by atoms with Gasteiger partial charge in [-0.05, 0) is 35.9 Å². The number of halogens is 3. The van der Waals surface area contributed by atoms with Crippen LogP contribution in [-0.2, 0) is 16.1 Å². The van der Waals surface area contributed by atoms with E-state index in [0.717, 1.165) is 37.4 Å². The largest absolute Gasteiger partial charge is 0.490 e. The number of fused-ring (bicyclic) bond motifs is 1. The van der Waals surface area contributed by atoms with Crippen LogP contribution in [0.15, 0.2) is 53.6 Å². The maximum Gasteiger partial charge on any atom is 0.490 e. The molecule has 37 heavy (non-hydrogen) atoms. The summed E-state index contributed by atoms with van der Waals surface area (Å²) in [7, 11) is 0. The minimum atomic E-state index is -5.08. The highest BCUT2D eigenvalue weighted by molar-refractivity contribution is 5.87. The number of ether oxygens (including phenoxy) is 1. The molecule has 0 radical (unpaired) electrons. The molecule has 2 aromatic carbocycles. The third-order valence-electron chi connectivity index (χ3n) is 5.26. The van der Waals surface area contributed by atoms with Crippen molar-refractivity contribution in [2.24, 2.45) is 0 Å². The molecule has 2 N–H and O–H groups in total. The van der Waals surface area contributed by atoms with Gasteiger partial charge in [0.05, 0.1) is 49.1 Å². The second-order valence-corrected chi connectivity index (χ2v) is 7.90. The summed E-state index contributed by atoms with van der Waals surface area (Å²) < 4.78 is 38.6. The Morgan fingerprint density at radius 3 is 2.30 bits per heavy atom. The fourth-order valence-corrected chi connectivity index (χ4v) is 3.31. The Balaban J connectivity index is 0.000000479. The predicted molar refractivity (Wildman–Crippen MR) is 126 cm³/mol. The van der Waals surface area contributed by atoms with E-state index in [9.17, 15) is 22.8 Å². The fraction of sp³-hybridized carbons (Fsp3) is 0.280. The number of rotatable bonds is 4. The number of morpholine rings is 1. The van der Waals surface area contributed by atoms with Crippen molar-refractivity contribution in [1.82, 2.24) is 14.5 Å². The van der Waals surface area contributed by atoms with Crippen molar-refractivity contribution in [3.05, 3.63) is 75.8 Å². The Hall–Kier alpha value is -4.21. The minimum absolute atomic E-state index is 0.154. The SMILES string of the molecule is O=C(O)C(F)(F)F.O=C(O)c1ccc(Cn2cnc3ccc(C#CCN4CCOCC4)cc3c2=O)cc1. The Labute approximate surface area is 208 Å². The van der Waals surface area contributed by atoms with Gasteiger partial charge in [-0.1, -0.05) is 24.0 Å². The number of nitrogens with zero attached hydrogens (tertiary/aromatic N) is 3. The highest BCUT2D eigenvalue weighted by Crippen LogP contribution is 2.13. The van der Waals surface area contributed by atoms with Gasteiger partial charge in [-0.15, -0.1) is 0 Å². The monoisotopic (exact) mass is 517 g/mol. The van der Waals surface area contributed by atoms with Crippen molar-refractivity contribution in [1.29, 1.82) is 0 Å². The number of carbonyl (C=O) groups is 2. The van der Waals surface area contributed by atoms with Crippen LogP contribution < -0.4 is 5.56 Å². The summed E-state index contributed by atoms with van der Waals surface area (Å²) >= 11 is 0. The van der Waals surface area contributed by atoms with E-state index in [1.165, 1.54) is 23.0 Å². The molecule has 194 valence electrons. The van der Waals surface area contributed by atoms with Crippen molar-refractivity contribution >= 4 is 22.8 Å². The first kappa shape index (κ1) is 27.4. The molecule has 12 heteroatoms. The molecule has 0 bridgehead atoms. The fourth-order valence-electron chi connectivity index (χ4n) is 3.31. The standard InChI is InChI=1S/C23H21N3O4.C2HF3O2/c27-22-20-14-17(2-1-9-25-10-12-30-13-11-25)5-8-21(20)24-16-26(22)15-18-3-6-19(7-4-18)23(28)29;3-2(4,5)1(6)7/h3-8,14,16H,9-13,15H2,(H,28,29);(H,6,7). The second kappa shape index (κ2) is 12.2. The van der Waals surface area contributed by atoms with E-state index < -0.39 is 18.1 Å². The van der Waals surface area contributed by atoms with Gasteiger partial charge in [0.2, 0.25) is 0 Å². The van der Waals surface area contributed by atoms with Gasteiger partial charge >= 0.3 is 18.1 Å². The van der Waals surface area contributed by atoms with Crippen molar-refractivity contribution in [3.8, 4) is 11.8 Å². The van der Waals surface area contributed by atoms with Gasteiger partial charge in [0, 0.05) is 18.7 Å². The van der Waals surface area contributed by atoms with Crippen molar-refractivity contribution in [3.63, 3.8) is 0 Å². The summed E-state index contributed by atoms with van der Waals surface area (Å²) in [6.07, 6.45) is -3.57. The number of aromatic nitrogens is 2. The number of aromatic carboxylic acids is 1. The van der Waals surface area contributed by atoms with Crippen LogP contribution >= 0.6 is 0 Å². The molecule has 1 fully saturated rings. The minimum Gasteiger partial charge on any atom is -0.478 e. The van der Waals surface area contributed by atoms with Gasteiger partial charge in [0.15, 0.2) is 0 Å². The lowest BCUT2D eigenvalue weighted by Crippen LogP contribution is -2.36. The number of benzene rings is 2. The summed E-state index contributed by atoms with van der Waals surface area (Å²) in [5, 5.41) is 16.6. The Morgan fingerprint density at radius 2 is 1.70 bits per heavy atom. The maximum atomic E-state index is 12.9. The summed E-state index contributed by atoms with van der Waals surface area (Å²) in [4.78, 5) is 39.4. The number of aliphatic carboxylic acids is 1. The first-order valence-corrected chi connectivity index (χ1v) is 10.9. The topological polar surface area (TPSA) is 122 Å². The molecular formula is C25H22F3N3O6. The third-order valence-corrected chi connectivity index (χ3v) is 5.26. The zero-order valence-corrected chi connectivity index (χ0v) is 19.4. The van der Waals surface area contributed by atoms with Gasteiger partial charge in [-0.3, -0.25) is 14.3 Å². The summed E-state index contributed by atoms with van der Waals surface area (Å²) in [5.41, 5.74) is 2.28. The maximum absolute atomic E-state index is 12.9. The zero-order valence-electron chi connectivity index (χ0n) is 19.4. The Morgan fingerprint density at radius 1 is 1.05 bits per heavy atom. The molecule has 0 aliphatic carbocycles. The molecule has 0 saturated carbocycles. The van der Waals surface area contributed by atoms with Gasteiger partial charge in [-0.2, -0.15) is 13.2 Å². The molecule has 3 aromatic rings. The lowest BCUT2D eigenvalue weighted by atomic mass is 10.1. The number of carboxylic acid groups (broad SMARTS) is 2. The van der Waals surface area contributed by atoms with Gasteiger partial charge < -0.3 is 14.9 Å². The number of carboxylic acids is 2. The molecule has 0 spiro atoms.